The van der Waals surface area contributed by atoms with Crippen LogP contribution in [0.5, 0.6) is 0 Å². The molecule has 3 aliphatic rings. The summed E-state index contributed by atoms with van der Waals surface area (Å²) in [6.07, 6.45) is 15.9. The van der Waals surface area contributed by atoms with Crippen molar-refractivity contribution in [3.8, 4) is 0 Å². The number of carbonyl (C=O) groups excluding carboxylic acids is 1. The number of rotatable bonds is 11. The summed E-state index contributed by atoms with van der Waals surface area (Å²) in [7, 11) is -3.92. The average molecular weight is 659 g/mol. The fourth-order valence-electron chi connectivity index (χ4n) is 7.98. The molecule has 0 aliphatic heterocycles. The minimum atomic E-state index is -1.98. The van der Waals surface area contributed by atoms with Crippen molar-refractivity contribution in [2.45, 2.75) is 175 Å². The van der Waals surface area contributed by atoms with Gasteiger partial charge in [-0.2, -0.15) is 0 Å². The van der Waals surface area contributed by atoms with E-state index in [4.69, 9.17) is 13.6 Å². The van der Waals surface area contributed by atoms with E-state index < -0.39 is 16.6 Å². The molecule has 4 nitrogen and oxygen atoms in total. The third-order valence-electron chi connectivity index (χ3n) is 12.8. The zero-order valence-corrected chi connectivity index (χ0v) is 33.7. The minimum absolute atomic E-state index is 0.0157. The Labute approximate surface area is 280 Å². The normalized spacial score (nSPS) is 30.9. The zero-order valence-electron chi connectivity index (χ0n) is 31.7. The quantitative estimate of drug-likeness (QED) is 0.164. The Hall–Kier alpha value is -0.956. The third kappa shape index (κ3) is 9.15. The fourth-order valence-corrected chi connectivity index (χ4v) is 10.7. The van der Waals surface area contributed by atoms with Crippen molar-refractivity contribution in [2.75, 3.05) is 6.61 Å². The summed E-state index contributed by atoms with van der Waals surface area (Å²) in [4.78, 5) is 11.9. The van der Waals surface area contributed by atoms with Crippen molar-refractivity contribution >= 4 is 22.6 Å². The van der Waals surface area contributed by atoms with Gasteiger partial charge in [-0.15, -0.1) is 0 Å². The van der Waals surface area contributed by atoms with E-state index in [2.05, 4.69) is 100 Å². The molecule has 0 unspecified atom stereocenters. The van der Waals surface area contributed by atoms with Gasteiger partial charge in [0, 0.05) is 12.8 Å². The Morgan fingerprint density at radius 1 is 1.02 bits per heavy atom. The maximum atomic E-state index is 11.9. The monoisotopic (exact) mass is 658 g/mol. The zero-order chi connectivity index (χ0) is 34.0. The maximum Gasteiger partial charge on any atom is 0.305 e. The number of hydrogen-bond donors (Lipinski definition) is 0. The molecule has 0 aromatic carbocycles. The Bertz CT molecular complexity index is 1110. The van der Waals surface area contributed by atoms with Crippen LogP contribution >= 0.6 is 0 Å². The van der Waals surface area contributed by atoms with E-state index in [1.165, 1.54) is 43.3 Å². The molecule has 0 saturated heterocycles. The van der Waals surface area contributed by atoms with Crippen molar-refractivity contribution < 1.29 is 18.4 Å². The largest absolute Gasteiger partial charge is 0.466 e. The average Bonchev–Trinajstić information content (AvgIpc) is 3.25. The van der Waals surface area contributed by atoms with Gasteiger partial charge in [0.05, 0.1) is 18.8 Å². The van der Waals surface area contributed by atoms with Gasteiger partial charge in [-0.1, -0.05) is 79.7 Å². The van der Waals surface area contributed by atoms with Gasteiger partial charge in [0.25, 0.3) is 0 Å². The van der Waals surface area contributed by atoms with Gasteiger partial charge in [0.2, 0.25) is 0 Å². The molecule has 6 heteroatoms. The molecule has 0 N–H and O–H groups in total. The topological polar surface area (TPSA) is 44.8 Å². The summed E-state index contributed by atoms with van der Waals surface area (Å²) in [6, 6.07) is 0. The van der Waals surface area contributed by atoms with Crippen LogP contribution in [0.2, 0.25) is 36.3 Å². The van der Waals surface area contributed by atoms with Crippen LogP contribution in [0.3, 0.4) is 0 Å². The SMILES string of the molecule is C=C1C(=CC=C2CCC[C@]3(C)[C@@H]([C@H](C)CCCC(=O)OCC)CC[C@@H]23)C[C@@H](O[Si](C)(C)C(C)(C)C)C[C@@H]1O[Si](C)(C)C(C)(C)C. The number of carbonyl (C=O) groups is 1. The maximum absolute atomic E-state index is 11.9. The Kier molecular flexibility index (Phi) is 12.5. The van der Waals surface area contributed by atoms with Crippen LogP contribution in [-0.4, -0.2) is 41.4 Å². The molecule has 0 heterocycles. The molecular weight excluding hydrogens is 589 g/mol. The molecule has 0 aromatic rings. The van der Waals surface area contributed by atoms with Crippen molar-refractivity contribution in [3.63, 3.8) is 0 Å². The lowest BCUT2D eigenvalue weighted by molar-refractivity contribution is -0.143. The molecule has 258 valence electrons. The van der Waals surface area contributed by atoms with Crippen molar-refractivity contribution in [1.29, 1.82) is 0 Å². The van der Waals surface area contributed by atoms with E-state index in [0.29, 0.717) is 30.3 Å². The first-order chi connectivity index (χ1) is 20.6. The van der Waals surface area contributed by atoms with Gasteiger partial charge in [-0.25, -0.2) is 0 Å². The third-order valence-corrected chi connectivity index (χ3v) is 21.8. The first-order valence-electron chi connectivity index (χ1n) is 18.2. The van der Waals surface area contributed by atoms with Crippen molar-refractivity contribution in [3.05, 3.63) is 35.5 Å². The Balaban J connectivity index is 1.84. The number of fused-ring (bicyclic) bond motifs is 1. The van der Waals surface area contributed by atoms with Crippen molar-refractivity contribution in [2.24, 2.45) is 23.2 Å². The number of allylic oxidation sites excluding steroid dienone is 3. The number of hydrogen-bond acceptors (Lipinski definition) is 4. The van der Waals surface area contributed by atoms with Crippen LogP contribution in [0.15, 0.2) is 35.5 Å². The molecule has 3 fully saturated rings. The minimum Gasteiger partial charge on any atom is -0.466 e. The highest BCUT2D eigenvalue weighted by atomic mass is 28.4. The van der Waals surface area contributed by atoms with E-state index in [9.17, 15) is 4.79 Å². The lowest BCUT2D eigenvalue weighted by Gasteiger charge is -2.46. The molecule has 3 saturated carbocycles. The van der Waals surface area contributed by atoms with Crippen LogP contribution in [0.4, 0.5) is 0 Å². The highest BCUT2D eigenvalue weighted by Gasteiger charge is 2.50. The van der Waals surface area contributed by atoms with Gasteiger partial charge < -0.3 is 13.6 Å². The van der Waals surface area contributed by atoms with Crippen LogP contribution in [0.25, 0.3) is 0 Å². The van der Waals surface area contributed by atoms with E-state index in [1.807, 2.05) is 6.92 Å². The molecule has 45 heavy (non-hydrogen) atoms. The standard InChI is InChI=1S/C39H70O4Si2/c1-15-41-36(40)20-16-18-28(2)33-23-24-34-30(19-17-25-39(33,34)10)21-22-31-26-32(42-44(11,12)37(4,5)6)27-35(29(31)3)43-45(13,14)38(7,8)9/h21-22,28,32-35H,3,15-20,23-27H2,1-2,4-14H3/t28-,32-,33-,34+,35+,39-/m1/s1. The predicted octanol–water partition coefficient (Wildman–Crippen LogP) is 11.6. The van der Waals surface area contributed by atoms with Gasteiger partial charge in [0.1, 0.15) is 0 Å². The molecule has 3 aliphatic carbocycles. The van der Waals surface area contributed by atoms with E-state index in [0.717, 1.165) is 31.6 Å². The molecule has 0 radical (unpaired) electrons. The molecule has 0 amide bonds. The van der Waals surface area contributed by atoms with Crippen LogP contribution < -0.4 is 0 Å². The van der Waals surface area contributed by atoms with Gasteiger partial charge >= 0.3 is 5.97 Å². The summed E-state index contributed by atoms with van der Waals surface area (Å²) in [5, 5.41) is 0.318. The summed E-state index contributed by atoms with van der Waals surface area (Å²) < 4.78 is 19.3. The molecule has 3 rings (SSSR count). The molecule has 0 spiro atoms. The summed E-state index contributed by atoms with van der Waals surface area (Å²) in [6.45, 7) is 35.5. The van der Waals surface area contributed by atoms with Crippen molar-refractivity contribution in [1.82, 2.24) is 0 Å². The lowest BCUT2D eigenvalue weighted by Crippen LogP contribution is -2.49. The van der Waals surface area contributed by atoms with Gasteiger partial charge in [0.15, 0.2) is 16.6 Å². The second-order valence-corrected chi connectivity index (χ2v) is 27.5. The second kappa shape index (κ2) is 14.7. The second-order valence-electron chi connectivity index (χ2n) is 18.0. The highest BCUT2D eigenvalue weighted by molar-refractivity contribution is 6.74. The van der Waals surface area contributed by atoms with E-state index in [1.54, 1.807) is 5.57 Å². The smallest absolute Gasteiger partial charge is 0.305 e. The molecular formula is C39H70O4Si2. The number of esters is 1. The van der Waals surface area contributed by atoms with Gasteiger partial charge in [-0.05, 0) is 129 Å². The van der Waals surface area contributed by atoms with Crippen LogP contribution in [0, 0.1) is 23.2 Å². The lowest BCUT2D eigenvalue weighted by atomic mass is 9.60. The first-order valence-corrected chi connectivity index (χ1v) is 24.0. The first kappa shape index (κ1) is 38.5. The summed E-state index contributed by atoms with van der Waals surface area (Å²) >= 11 is 0. The fraction of sp³-hybridized carbons (Fsp3) is 0.821. The Morgan fingerprint density at radius 2 is 1.64 bits per heavy atom. The molecule has 0 bridgehead atoms. The summed E-state index contributed by atoms with van der Waals surface area (Å²) in [5.41, 5.74) is 4.48. The summed E-state index contributed by atoms with van der Waals surface area (Å²) in [5.74, 6) is 1.95. The predicted molar refractivity (Wildman–Crippen MR) is 196 cm³/mol. The van der Waals surface area contributed by atoms with Crippen LogP contribution in [-0.2, 0) is 18.4 Å². The Morgan fingerprint density at radius 3 is 2.24 bits per heavy atom. The molecule has 6 atom stereocenters. The van der Waals surface area contributed by atoms with E-state index >= 15 is 0 Å². The van der Waals surface area contributed by atoms with Crippen LogP contribution in [0.1, 0.15) is 127 Å². The van der Waals surface area contributed by atoms with E-state index in [-0.39, 0.29) is 28.3 Å². The molecule has 0 aromatic heterocycles. The number of ether oxygens (including phenoxy) is 1. The highest BCUT2D eigenvalue weighted by Crippen LogP contribution is 2.60. The van der Waals surface area contributed by atoms with Gasteiger partial charge in [-0.3, -0.25) is 4.79 Å².